The van der Waals surface area contributed by atoms with Crippen LogP contribution in [0.1, 0.15) is 24.4 Å². The number of benzene rings is 1. The summed E-state index contributed by atoms with van der Waals surface area (Å²) in [7, 11) is 0. The molecule has 30 heavy (non-hydrogen) atoms. The van der Waals surface area contributed by atoms with Crippen molar-refractivity contribution in [1.29, 1.82) is 0 Å². The first kappa shape index (κ1) is 21.3. The van der Waals surface area contributed by atoms with Gasteiger partial charge in [-0.3, -0.25) is 19.4 Å². The molecule has 0 aliphatic carbocycles. The van der Waals surface area contributed by atoms with E-state index >= 15 is 0 Å². The van der Waals surface area contributed by atoms with Crippen LogP contribution in [-0.4, -0.2) is 83.7 Å². The van der Waals surface area contributed by atoms with Crippen LogP contribution >= 0.6 is 15.9 Å². The Bertz CT molecular complexity index is 904. The maximum absolute atomic E-state index is 12.2. The fraction of sp³-hybridized carbons (Fsp3) is 0.524. The molecule has 2 aliphatic heterocycles. The van der Waals surface area contributed by atoms with E-state index in [0.717, 1.165) is 40.4 Å². The Kier molecular flexibility index (Phi) is 6.72. The molecular formula is C21H27BrN4O4. The molecule has 2 aromatic rings. The minimum absolute atomic E-state index is 0.00443. The molecule has 9 heteroatoms. The number of hydrogen-bond donors (Lipinski definition) is 3. The van der Waals surface area contributed by atoms with Crippen molar-refractivity contribution in [3.8, 4) is 0 Å². The van der Waals surface area contributed by atoms with Gasteiger partial charge in [0.15, 0.2) is 0 Å². The van der Waals surface area contributed by atoms with E-state index < -0.39 is 12.0 Å². The van der Waals surface area contributed by atoms with Gasteiger partial charge in [-0.1, -0.05) is 15.9 Å². The number of carbonyl (C=O) groups is 2. The third-order valence-electron chi connectivity index (χ3n) is 5.89. The Morgan fingerprint density at radius 1 is 1.30 bits per heavy atom. The quantitative estimate of drug-likeness (QED) is 0.562. The Morgan fingerprint density at radius 3 is 2.80 bits per heavy atom. The summed E-state index contributed by atoms with van der Waals surface area (Å²) in [6.45, 7) is 4.18. The molecule has 2 aliphatic rings. The molecule has 0 radical (unpaired) electrons. The van der Waals surface area contributed by atoms with Crippen LogP contribution in [0.25, 0.3) is 10.9 Å². The molecule has 0 saturated carbocycles. The maximum Gasteiger partial charge on any atom is 0.325 e. The number of fused-ring (bicyclic) bond motifs is 1. The van der Waals surface area contributed by atoms with Crippen LogP contribution in [0.3, 0.4) is 0 Å². The summed E-state index contributed by atoms with van der Waals surface area (Å²) in [6.07, 6.45) is 3.99. The summed E-state index contributed by atoms with van der Waals surface area (Å²) >= 11 is 3.47. The molecule has 3 heterocycles. The van der Waals surface area contributed by atoms with Gasteiger partial charge in [0.2, 0.25) is 5.91 Å². The van der Waals surface area contributed by atoms with Crippen molar-refractivity contribution < 1.29 is 19.4 Å². The zero-order valence-electron chi connectivity index (χ0n) is 16.8. The van der Waals surface area contributed by atoms with Gasteiger partial charge in [0.25, 0.3) is 0 Å². The van der Waals surface area contributed by atoms with E-state index in [1.165, 1.54) is 0 Å². The number of carboxylic acids is 1. The number of hydrogen-bond acceptors (Lipinski definition) is 5. The van der Waals surface area contributed by atoms with E-state index in [1.807, 2.05) is 23.1 Å². The molecule has 2 fully saturated rings. The standard InChI is InChI=1S/C21H27BrN4O4/c22-14-3-4-18-16(10-14)17(12-23-18)20(21(28)29)26-7-5-25(6-8-26)13-19(27)24-11-15-2-1-9-30-15/h3-4,10,12,15,20,23H,1-2,5-9,11,13H2,(H,24,27)(H,28,29)/t15-,20-/m1/s1. The molecule has 1 aromatic carbocycles. The Morgan fingerprint density at radius 2 is 2.10 bits per heavy atom. The van der Waals surface area contributed by atoms with Gasteiger partial charge in [0, 0.05) is 66.5 Å². The van der Waals surface area contributed by atoms with Crippen LogP contribution in [0.2, 0.25) is 0 Å². The highest BCUT2D eigenvalue weighted by Crippen LogP contribution is 2.31. The molecule has 2 atom stereocenters. The lowest BCUT2D eigenvalue weighted by molar-refractivity contribution is -0.144. The first-order valence-electron chi connectivity index (χ1n) is 10.4. The lowest BCUT2D eigenvalue weighted by Crippen LogP contribution is -2.51. The molecule has 1 amide bonds. The van der Waals surface area contributed by atoms with Crippen LogP contribution in [-0.2, 0) is 14.3 Å². The largest absolute Gasteiger partial charge is 0.480 e. The van der Waals surface area contributed by atoms with Gasteiger partial charge in [-0.2, -0.15) is 0 Å². The smallest absolute Gasteiger partial charge is 0.325 e. The van der Waals surface area contributed by atoms with Gasteiger partial charge >= 0.3 is 5.97 Å². The number of H-pyrrole nitrogens is 1. The number of rotatable bonds is 7. The van der Waals surface area contributed by atoms with E-state index in [2.05, 4.69) is 31.1 Å². The first-order valence-corrected chi connectivity index (χ1v) is 11.1. The first-order chi connectivity index (χ1) is 14.5. The van der Waals surface area contributed by atoms with Crippen molar-refractivity contribution in [3.63, 3.8) is 0 Å². The van der Waals surface area contributed by atoms with Gasteiger partial charge in [-0.15, -0.1) is 0 Å². The molecule has 4 rings (SSSR count). The van der Waals surface area contributed by atoms with Crippen LogP contribution in [0.4, 0.5) is 0 Å². The summed E-state index contributed by atoms with van der Waals surface area (Å²) < 4.78 is 6.45. The number of halogens is 1. The maximum atomic E-state index is 12.2. The molecule has 0 unspecified atom stereocenters. The molecule has 162 valence electrons. The molecule has 0 spiro atoms. The lowest BCUT2D eigenvalue weighted by atomic mass is 10.0. The fourth-order valence-corrected chi connectivity index (χ4v) is 4.66. The predicted molar refractivity (Wildman–Crippen MR) is 116 cm³/mol. The molecular weight excluding hydrogens is 452 g/mol. The summed E-state index contributed by atoms with van der Waals surface area (Å²) in [5, 5.41) is 13.8. The monoisotopic (exact) mass is 478 g/mol. The van der Waals surface area contributed by atoms with E-state index in [-0.39, 0.29) is 12.0 Å². The zero-order valence-corrected chi connectivity index (χ0v) is 18.4. The summed E-state index contributed by atoms with van der Waals surface area (Å²) in [5.74, 6) is -0.867. The number of aliphatic carboxylic acids is 1. The second kappa shape index (κ2) is 9.47. The second-order valence-corrected chi connectivity index (χ2v) is 8.84. The number of aromatic nitrogens is 1. The van der Waals surface area contributed by atoms with Crippen molar-refractivity contribution >= 4 is 38.7 Å². The van der Waals surface area contributed by atoms with Crippen molar-refractivity contribution in [2.24, 2.45) is 0 Å². The van der Waals surface area contributed by atoms with Crippen molar-refractivity contribution in [1.82, 2.24) is 20.1 Å². The van der Waals surface area contributed by atoms with Gasteiger partial charge in [0.05, 0.1) is 12.6 Å². The Balaban J connectivity index is 1.35. The molecule has 1 aromatic heterocycles. The molecule has 8 nitrogen and oxygen atoms in total. The number of ether oxygens (including phenoxy) is 1. The summed E-state index contributed by atoms with van der Waals surface area (Å²) in [4.78, 5) is 31.6. The highest BCUT2D eigenvalue weighted by atomic mass is 79.9. The van der Waals surface area contributed by atoms with Gasteiger partial charge in [-0.25, -0.2) is 0 Å². The van der Waals surface area contributed by atoms with E-state index in [1.54, 1.807) is 6.20 Å². The number of amides is 1. The summed E-state index contributed by atoms with van der Waals surface area (Å²) in [5.41, 5.74) is 1.68. The average Bonchev–Trinajstić information content (AvgIpc) is 3.38. The normalized spacial score (nSPS) is 21.7. The third-order valence-corrected chi connectivity index (χ3v) is 6.39. The molecule has 0 bridgehead atoms. The predicted octanol–water partition coefficient (Wildman–Crippen LogP) is 1.97. The van der Waals surface area contributed by atoms with Gasteiger partial charge < -0.3 is 20.1 Å². The number of nitrogens with one attached hydrogen (secondary N) is 2. The number of piperazine rings is 1. The van der Waals surface area contributed by atoms with Crippen molar-refractivity contribution in [2.75, 3.05) is 45.9 Å². The van der Waals surface area contributed by atoms with E-state index in [4.69, 9.17) is 4.74 Å². The van der Waals surface area contributed by atoms with Crippen LogP contribution in [0.15, 0.2) is 28.9 Å². The SMILES string of the molecule is O=C(CN1CCN([C@@H](C(=O)O)c2c[nH]c3ccc(Br)cc23)CC1)NC[C@H]1CCCO1. The molecule has 2 saturated heterocycles. The molecule has 3 N–H and O–H groups in total. The number of aromatic amines is 1. The number of nitrogens with zero attached hydrogens (tertiary/aromatic N) is 2. The fourth-order valence-electron chi connectivity index (χ4n) is 4.30. The minimum Gasteiger partial charge on any atom is -0.480 e. The highest BCUT2D eigenvalue weighted by molar-refractivity contribution is 9.10. The van der Waals surface area contributed by atoms with Crippen LogP contribution in [0, 0.1) is 0 Å². The lowest BCUT2D eigenvalue weighted by Gasteiger charge is -2.37. The number of carbonyl (C=O) groups excluding carboxylic acids is 1. The number of carboxylic acid groups (broad SMARTS) is 1. The van der Waals surface area contributed by atoms with Crippen LogP contribution in [0.5, 0.6) is 0 Å². The third kappa shape index (κ3) is 4.85. The highest BCUT2D eigenvalue weighted by Gasteiger charge is 2.32. The Hall–Kier alpha value is -1.94. The second-order valence-electron chi connectivity index (χ2n) is 7.93. The van der Waals surface area contributed by atoms with Crippen LogP contribution < -0.4 is 5.32 Å². The Labute approximate surface area is 183 Å². The van der Waals surface area contributed by atoms with Gasteiger partial charge in [0.1, 0.15) is 6.04 Å². The summed E-state index contributed by atoms with van der Waals surface area (Å²) in [6, 6.07) is 5.10. The van der Waals surface area contributed by atoms with E-state index in [0.29, 0.717) is 39.3 Å². The van der Waals surface area contributed by atoms with Gasteiger partial charge in [-0.05, 0) is 31.0 Å². The topological polar surface area (TPSA) is 97.9 Å². The minimum atomic E-state index is -0.862. The van der Waals surface area contributed by atoms with Crippen molar-refractivity contribution in [3.05, 3.63) is 34.4 Å². The zero-order chi connectivity index (χ0) is 21.1. The van der Waals surface area contributed by atoms with Crippen molar-refractivity contribution in [2.45, 2.75) is 25.0 Å². The van der Waals surface area contributed by atoms with E-state index in [9.17, 15) is 14.7 Å². The average molecular weight is 479 g/mol.